The molecule has 0 saturated carbocycles. The molecule has 0 spiro atoms. The Kier molecular flexibility index (Phi) is 5.35. The standard InChI is InChI=1S/C14H10ClFN2O3S/c15-9-1-4-11(5-2-9)22-8-14(19)17-13-7-10(18(20)21)3-6-12(13)16/h1-7H,8H2,(H,17,19). The average Bonchev–Trinajstić information content (AvgIpc) is 2.48. The molecule has 0 aliphatic heterocycles. The first-order valence-corrected chi connectivity index (χ1v) is 7.44. The van der Waals surface area contributed by atoms with Gasteiger partial charge in [-0.25, -0.2) is 4.39 Å². The molecule has 2 rings (SSSR count). The molecule has 5 nitrogen and oxygen atoms in total. The fourth-order valence-corrected chi connectivity index (χ4v) is 2.41. The van der Waals surface area contributed by atoms with E-state index >= 15 is 0 Å². The molecule has 0 fully saturated rings. The van der Waals surface area contributed by atoms with Gasteiger partial charge in [-0.1, -0.05) is 11.6 Å². The Bertz CT molecular complexity index is 710. The van der Waals surface area contributed by atoms with Crippen molar-refractivity contribution in [1.29, 1.82) is 0 Å². The number of amides is 1. The summed E-state index contributed by atoms with van der Waals surface area (Å²) in [7, 11) is 0. The highest BCUT2D eigenvalue weighted by atomic mass is 35.5. The predicted molar refractivity (Wildman–Crippen MR) is 83.9 cm³/mol. The van der Waals surface area contributed by atoms with Crippen molar-refractivity contribution in [2.24, 2.45) is 0 Å². The van der Waals surface area contributed by atoms with Crippen LogP contribution in [0, 0.1) is 15.9 Å². The number of carbonyl (C=O) groups excluding carboxylic acids is 1. The van der Waals surface area contributed by atoms with Gasteiger partial charge < -0.3 is 5.32 Å². The number of carbonyl (C=O) groups is 1. The van der Waals surface area contributed by atoms with E-state index in [4.69, 9.17) is 11.6 Å². The summed E-state index contributed by atoms with van der Waals surface area (Å²) in [6, 6.07) is 9.88. The number of nitro groups is 1. The van der Waals surface area contributed by atoms with Gasteiger partial charge in [0, 0.05) is 22.1 Å². The average molecular weight is 341 g/mol. The lowest BCUT2D eigenvalue weighted by atomic mass is 10.2. The van der Waals surface area contributed by atoms with Gasteiger partial charge in [0.15, 0.2) is 0 Å². The molecule has 0 aromatic heterocycles. The first-order chi connectivity index (χ1) is 10.5. The van der Waals surface area contributed by atoms with Crippen LogP contribution in [0.4, 0.5) is 15.8 Å². The molecule has 0 heterocycles. The van der Waals surface area contributed by atoms with E-state index in [0.717, 1.165) is 23.1 Å². The minimum atomic E-state index is -0.726. The van der Waals surface area contributed by atoms with E-state index in [2.05, 4.69) is 5.32 Å². The third-order valence-corrected chi connectivity index (χ3v) is 3.88. The highest BCUT2D eigenvalue weighted by Crippen LogP contribution is 2.23. The molecule has 0 radical (unpaired) electrons. The van der Waals surface area contributed by atoms with Crippen molar-refractivity contribution in [1.82, 2.24) is 0 Å². The summed E-state index contributed by atoms with van der Waals surface area (Å²) in [6.45, 7) is 0. The Balaban J connectivity index is 1.98. The Labute approximate surface area is 134 Å². The van der Waals surface area contributed by atoms with Crippen LogP contribution in [0.25, 0.3) is 0 Å². The molecule has 2 aromatic carbocycles. The lowest BCUT2D eigenvalue weighted by Gasteiger charge is -2.06. The van der Waals surface area contributed by atoms with Gasteiger partial charge in [-0.05, 0) is 30.3 Å². The minimum Gasteiger partial charge on any atom is -0.323 e. The van der Waals surface area contributed by atoms with Crippen molar-refractivity contribution in [3.05, 3.63) is 63.4 Å². The molecule has 1 N–H and O–H groups in total. The van der Waals surface area contributed by atoms with E-state index < -0.39 is 16.6 Å². The first kappa shape index (κ1) is 16.3. The molecule has 0 aliphatic rings. The smallest absolute Gasteiger partial charge is 0.271 e. The van der Waals surface area contributed by atoms with Gasteiger partial charge in [0.05, 0.1) is 16.4 Å². The van der Waals surface area contributed by atoms with E-state index in [9.17, 15) is 19.3 Å². The molecule has 22 heavy (non-hydrogen) atoms. The van der Waals surface area contributed by atoms with Crippen LogP contribution in [0.5, 0.6) is 0 Å². The van der Waals surface area contributed by atoms with Crippen LogP contribution in [-0.2, 0) is 4.79 Å². The fourth-order valence-electron chi connectivity index (χ4n) is 1.59. The van der Waals surface area contributed by atoms with Crippen LogP contribution >= 0.6 is 23.4 Å². The number of rotatable bonds is 5. The van der Waals surface area contributed by atoms with Gasteiger partial charge in [0.2, 0.25) is 5.91 Å². The van der Waals surface area contributed by atoms with Crippen molar-refractivity contribution >= 4 is 40.6 Å². The van der Waals surface area contributed by atoms with Crippen LogP contribution in [0.15, 0.2) is 47.4 Å². The normalized spacial score (nSPS) is 10.3. The van der Waals surface area contributed by atoms with E-state index in [1.807, 2.05) is 0 Å². The predicted octanol–water partition coefficient (Wildman–Crippen LogP) is 4.12. The number of nitro benzene ring substituents is 1. The lowest BCUT2D eigenvalue weighted by molar-refractivity contribution is -0.384. The highest BCUT2D eigenvalue weighted by molar-refractivity contribution is 8.00. The second kappa shape index (κ2) is 7.24. The van der Waals surface area contributed by atoms with E-state index in [-0.39, 0.29) is 17.1 Å². The summed E-state index contributed by atoms with van der Waals surface area (Å²) in [6.07, 6.45) is 0. The maximum atomic E-state index is 13.5. The second-order valence-corrected chi connectivity index (χ2v) is 5.70. The Morgan fingerprint density at radius 2 is 1.95 bits per heavy atom. The molecule has 114 valence electrons. The molecular weight excluding hydrogens is 331 g/mol. The third-order valence-electron chi connectivity index (χ3n) is 2.62. The summed E-state index contributed by atoms with van der Waals surface area (Å²) in [5, 5.41) is 13.6. The van der Waals surface area contributed by atoms with Crippen molar-refractivity contribution in [2.45, 2.75) is 4.90 Å². The van der Waals surface area contributed by atoms with Gasteiger partial charge in [-0.15, -0.1) is 11.8 Å². The Morgan fingerprint density at radius 3 is 2.59 bits per heavy atom. The van der Waals surface area contributed by atoms with Crippen LogP contribution in [0.1, 0.15) is 0 Å². The maximum Gasteiger partial charge on any atom is 0.271 e. The Hall–Kier alpha value is -2.12. The topological polar surface area (TPSA) is 72.2 Å². The van der Waals surface area contributed by atoms with Gasteiger partial charge in [0.1, 0.15) is 5.82 Å². The number of benzene rings is 2. The quantitative estimate of drug-likeness (QED) is 0.505. The molecule has 0 unspecified atom stereocenters. The molecular formula is C14H10ClFN2O3S. The summed E-state index contributed by atoms with van der Waals surface area (Å²) < 4.78 is 13.5. The highest BCUT2D eigenvalue weighted by Gasteiger charge is 2.13. The maximum absolute atomic E-state index is 13.5. The molecule has 0 atom stereocenters. The van der Waals surface area contributed by atoms with Crippen molar-refractivity contribution in [2.75, 3.05) is 11.1 Å². The van der Waals surface area contributed by atoms with Crippen LogP contribution < -0.4 is 5.32 Å². The minimum absolute atomic E-state index is 0.0454. The van der Waals surface area contributed by atoms with Crippen molar-refractivity contribution in [3.63, 3.8) is 0 Å². The zero-order chi connectivity index (χ0) is 16.1. The number of anilines is 1. The number of nitrogens with one attached hydrogen (secondary N) is 1. The van der Waals surface area contributed by atoms with Crippen molar-refractivity contribution in [3.8, 4) is 0 Å². The van der Waals surface area contributed by atoms with Gasteiger partial charge in [-0.2, -0.15) is 0 Å². The zero-order valence-electron chi connectivity index (χ0n) is 11.1. The third kappa shape index (κ3) is 4.44. The molecule has 0 bridgehead atoms. The van der Waals surface area contributed by atoms with E-state index in [1.165, 1.54) is 11.8 Å². The molecule has 8 heteroatoms. The molecule has 0 aliphatic carbocycles. The van der Waals surface area contributed by atoms with Crippen molar-refractivity contribution < 1.29 is 14.1 Å². The van der Waals surface area contributed by atoms with E-state index in [0.29, 0.717) is 5.02 Å². The first-order valence-electron chi connectivity index (χ1n) is 6.08. The number of halogens is 2. The van der Waals surface area contributed by atoms with Gasteiger partial charge in [0.25, 0.3) is 5.69 Å². The number of thioether (sulfide) groups is 1. The molecule has 1 amide bonds. The fraction of sp³-hybridized carbons (Fsp3) is 0.0714. The summed E-state index contributed by atoms with van der Waals surface area (Å²) >= 11 is 7.00. The zero-order valence-corrected chi connectivity index (χ0v) is 12.7. The number of hydrogen-bond acceptors (Lipinski definition) is 4. The number of non-ortho nitro benzene ring substituents is 1. The molecule has 2 aromatic rings. The van der Waals surface area contributed by atoms with Crippen LogP contribution in [-0.4, -0.2) is 16.6 Å². The summed E-state index contributed by atoms with van der Waals surface area (Å²) in [5.41, 5.74) is -0.502. The van der Waals surface area contributed by atoms with Gasteiger partial charge in [-0.3, -0.25) is 14.9 Å². The monoisotopic (exact) mass is 340 g/mol. The van der Waals surface area contributed by atoms with Crippen LogP contribution in [0.3, 0.4) is 0 Å². The SMILES string of the molecule is O=C(CSc1ccc(Cl)cc1)Nc1cc([N+](=O)[O-])ccc1F. The van der Waals surface area contributed by atoms with E-state index in [1.54, 1.807) is 24.3 Å². The number of nitrogens with zero attached hydrogens (tertiary/aromatic N) is 1. The Morgan fingerprint density at radius 1 is 1.27 bits per heavy atom. The lowest BCUT2D eigenvalue weighted by Crippen LogP contribution is -2.15. The largest absolute Gasteiger partial charge is 0.323 e. The second-order valence-electron chi connectivity index (χ2n) is 4.21. The summed E-state index contributed by atoms with van der Waals surface area (Å²) in [4.78, 5) is 22.6. The van der Waals surface area contributed by atoms with Gasteiger partial charge >= 0.3 is 0 Å². The van der Waals surface area contributed by atoms with Crippen LogP contribution in [0.2, 0.25) is 5.02 Å². The number of hydrogen-bond donors (Lipinski definition) is 1. The summed E-state index contributed by atoms with van der Waals surface area (Å²) in [5.74, 6) is -1.14. The molecule has 0 saturated heterocycles.